The second kappa shape index (κ2) is 13.9. The Morgan fingerprint density at radius 1 is 0.976 bits per heavy atom. The quantitative estimate of drug-likeness (QED) is 0.261. The molecule has 0 aromatic heterocycles. The number of carbonyl (C=O) groups is 2. The lowest BCUT2D eigenvalue weighted by Gasteiger charge is -2.33. The zero-order valence-corrected chi connectivity index (χ0v) is 26.5. The van der Waals surface area contributed by atoms with Gasteiger partial charge in [0, 0.05) is 12.6 Å². The summed E-state index contributed by atoms with van der Waals surface area (Å²) in [6.07, 6.45) is 4.46. The molecule has 1 unspecified atom stereocenters. The fraction of sp³-hybridized carbons (Fsp3) is 0.375. The topological polar surface area (TPSA) is 86.8 Å². The van der Waals surface area contributed by atoms with Crippen molar-refractivity contribution in [2.24, 2.45) is 0 Å². The Balaban J connectivity index is 1.72. The number of nitrogens with zero attached hydrogens (tertiary/aromatic N) is 2. The molecule has 1 saturated carbocycles. The van der Waals surface area contributed by atoms with Crippen LogP contribution in [0.5, 0.6) is 0 Å². The highest BCUT2D eigenvalue weighted by Crippen LogP contribution is 2.29. The van der Waals surface area contributed by atoms with Gasteiger partial charge < -0.3 is 10.2 Å². The molecule has 0 spiro atoms. The molecule has 1 aliphatic carbocycles. The van der Waals surface area contributed by atoms with Crippen molar-refractivity contribution in [3.63, 3.8) is 0 Å². The number of nitrogens with one attached hydrogen (secondary N) is 1. The molecule has 1 N–H and O–H groups in total. The van der Waals surface area contributed by atoms with Crippen molar-refractivity contribution in [2.75, 3.05) is 10.8 Å². The van der Waals surface area contributed by atoms with Crippen LogP contribution in [0.15, 0.2) is 71.6 Å². The summed E-state index contributed by atoms with van der Waals surface area (Å²) < 4.78 is 29.3. The van der Waals surface area contributed by atoms with Gasteiger partial charge in [0.05, 0.1) is 20.6 Å². The predicted molar refractivity (Wildman–Crippen MR) is 168 cm³/mol. The Morgan fingerprint density at radius 3 is 2.29 bits per heavy atom. The Bertz CT molecular complexity index is 1520. The molecular weight excluding hydrogens is 593 g/mol. The third kappa shape index (κ3) is 7.46. The first-order valence-electron chi connectivity index (χ1n) is 14.2. The van der Waals surface area contributed by atoms with Gasteiger partial charge in [0.1, 0.15) is 12.6 Å². The third-order valence-corrected chi connectivity index (χ3v) is 10.2. The van der Waals surface area contributed by atoms with E-state index < -0.39 is 28.5 Å². The van der Waals surface area contributed by atoms with Gasteiger partial charge in [0.25, 0.3) is 10.0 Å². The van der Waals surface area contributed by atoms with Crippen LogP contribution in [0.4, 0.5) is 5.69 Å². The molecule has 42 heavy (non-hydrogen) atoms. The van der Waals surface area contributed by atoms with Crippen LogP contribution in [-0.2, 0) is 32.6 Å². The van der Waals surface area contributed by atoms with Crippen LogP contribution >= 0.6 is 23.2 Å². The van der Waals surface area contributed by atoms with Crippen molar-refractivity contribution in [3.05, 3.63) is 93.5 Å². The maximum atomic E-state index is 14.2. The molecule has 3 aromatic carbocycles. The second-order valence-electron chi connectivity index (χ2n) is 10.7. The van der Waals surface area contributed by atoms with E-state index in [1.165, 1.54) is 4.90 Å². The Kier molecular flexibility index (Phi) is 10.6. The molecule has 0 bridgehead atoms. The minimum Gasteiger partial charge on any atom is -0.352 e. The lowest BCUT2D eigenvalue weighted by atomic mass is 10.1. The SMILES string of the molecule is CCc1ccccc1N(CC(=O)N(Cc1ccc(Cl)c(Cl)c1)C(C)C(=O)NC1CCCC1)S(=O)(=O)c1ccc(C)cc1. The van der Waals surface area contributed by atoms with Gasteiger partial charge in [-0.15, -0.1) is 0 Å². The molecule has 1 atom stereocenters. The van der Waals surface area contributed by atoms with Crippen LogP contribution in [0.25, 0.3) is 0 Å². The van der Waals surface area contributed by atoms with Crippen LogP contribution in [0.2, 0.25) is 10.0 Å². The number of amides is 2. The van der Waals surface area contributed by atoms with Crippen LogP contribution < -0.4 is 9.62 Å². The predicted octanol–water partition coefficient (Wildman–Crippen LogP) is 6.54. The van der Waals surface area contributed by atoms with Gasteiger partial charge in [-0.3, -0.25) is 13.9 Å². The monoisotopic (exact) mass is 629 g/mol. The summed E-state index contributed by atoms with van der Waals surface area (Å²) in [6.45, 7) is 5.03. The van der Waals surface area contributed by atoms with Crippen LogP contribution in [-0.4, -0.2) is 43.8 Å². The van der Waals surface area contributed by atoms with Gasteiger partial charge in [-0.05, 0) is 74.6 Å². The number of aryl methyl sites for hydroxylation is 2. The third-order valence-electron chi connectivity index (χ3n) is 7.73. The van der Waals surface area contributed by atoms with E-state index in [9.17, 15) is 18.0 Å². The summed E-state index contributed by atoms with van der Waals surface area (Å²) in [5.74, 6) is -0.797. The van der Waals surface area contributed by atoms with E-state index in [0.717, 1.165) is 41.1 Å². The van der Waals surface area contributed by atoms with E-state index in [2.05, 4.69) is 5.32 Å². The molecule has 1 aliphatic rings. The van der Waals surface area contributed by atoms with E-state index in [0.29, 0.717) is 27.7 Å². The summed E-state index contributed by atoms with van der Waals surface area (Å²) in [6, 6.07) is 17.9. The van der Waals surface area contributed by atoms with Crippen molar-refractivity contribution in [2.45, 2.75) is 76.4 Å². The normalized spacial score (nSPS) is 14.4. The van der Waals surface area contributed by atoms with Crippen LogP contribution in [0.1, 0.15) is 56.2 Å². The number of hydrogen-bond acceptors (Lipinski definition) is 4. The summed E-state index contributed by atoms with van der Waals surface area (Å²) >= 11 is 12.4. The van der Waals surface area contributed by atoms with Gasteiger partial charge in [0.2, 0.25) is 11.8 Å². The summed E-state index contributed by atoms with van der Waals surface area (Å²) in [5, 5.41) is 3.77. The van der Waals surface area contributed by atoms with Gasteiger partial charge >= 0.3 is 0 Å². The first-order chi connectivity index (χ1) is 20.0. The highest BCUT2D eigenvalue weighted by Gasteiger charge is 2.34. The minimum atomic E-state index is -4.14. The number of halogens is 2. The molecule has 2 amide bonds. The van der Waals surface area contributed by atoms with Gasteiger partial charge in [-0.1, -0.05) is 84.9 Å². The largest absolute Gasteiger partial charge is 0.352 e. The maximum absolute atomic E-state index is 14.2. The number of carbonyl (C=O) groups excluding carboxylic acids is 2. The minimum absolute atomic E-state index is 0.0445. The summed E-state index contributed by atoms with van der Waals surface area (Å²) in [7, 11) is -4.14. The zero-order valence-electron chi connectivity index (χ0n) is 24.1. The molecule has 10 heteroatoms. The van der Waals surface area contributed by atoms with E-state index >= 15 is 0 Å². The summed E-state index contributed by atoms with van der Waals surface area (Å²) in [5.41, 5.74) is 2.79. The molecule has 3 aromatic rings. The average Bonchev–Trinajstić information content (AvgIpc) is 3.49. The Morgan fingerprint density at radius 2 is 1.64 bits per heavy atom. The Hall–Kier alpha value is -3.07. The van der Waals surface area contributed by atoms with Crippen molar-refractivity contribution >= 4 is 50.7 Å². The fourth-order valence-electron chi connectivity index (χ4n) is 5.21. The van der Waals surface area contributed by atoms with Gasteiger partial charge in [0.15, 0.2) is 0 Å². The molecule has 4 rings (SSSR count). The fourth-order valence-corrected chi connectivity index (χ4v) is 6.99. The lowest BCUT2D eigenvalue weighted by Crippen LogP contribution is -2.52. The first kappa shape index (κ1) is 31.9. The molecule has 224 valence electrons. The molecule has 7 nitrogen and oxygen atoms in total. The number of hydrogen-bond donors (Lipinski definition) is 1. The van der Waals surface area contributed by atoms with E-state index in [4.69, 9.17) is 23.2 Å². The summed E-state index contributed by atoms with van der Waals surface area (Å²) in [4.78, 5) is 29.0. The number of benzene rings is 3. The maximum Gasteiger partial charge on any atom is 0.264 e. The number of anilines is 1. The number of rotatable bonds is 11. The van der Waals surface area contributed by atoms with Crippen LogP contribution in [0, 0.1) is 6.92 Å². The smallest absolute Gasteiger partial charge is 0.264 e. The molecule has 0 saturated heterocycles. The van der Waals surface area contributed by atoms with Crippen molar-refractivity contribution < 1.29 is 18.0 Å². The van der Waals surface area contributed by atoms with Crippen molar-refractivity contribution in [3.8, 4) is 0 Å². The average molecular weight is 631 g/mol. The standard InChI is InChI=1S/C32H37Cl2N3O4S/c1-4-25-9-5-8-12-30(25)37(42(40,41)27-16-13-22(2)14-17-27)21-31(38)36(20-24-15-18-28(33)29(34)19-24)23(3)32(39)35-26-10-6-7-11-26/h5,8-9,12-19,23,26H,4,6-7,10-11,20-21H2,1-3H3,(H,35,39). The highest BCUT2D eigenvalue weighted by atomic mass is 35.5. The molecular formula is C32H37Cl2N3O4S. The molecule has 0 heterocycles. The van der Waals surface area contributed by atoms with Gasteiger partial charge in [-0.2, -0.15) is 0 Å². The zero-order chi connectivity index (χ0) is 30.4. The van der Waals surface area contributed by atoms with Gasteiger partial charge in [-0.25, -0.2) is 8.42 Å². The highest BCUT2D eigenvalue weighted by molar-refractivity contribution is 7.92. The first-order valence-corrected chi connectivity index (χ1v) is 16.4. The van der Waals surface area contributed by atoms with E-state index in [1.54, 1.807) is 61.5 Å². The van der Waals surface area contributed by atoms with E-state index in [1.807, 2.05) is 26.0 Å². The number of para-hydroxylation sites is 1. The van der Waals surface area contributed by atoms with E-state index in [-0.39, 0.29) is 23.4 Å². The number of sulfonamides is 1. The van der Waals surface area contributed by atoms with Crippen molar-refractivity contribution in [1.82, 2.24) is 10.2 Å². The van der Waals surface area contributed by atoms with Crippen LogP contribution in [0.3, 0.4) is 0 Å². The molecule has 0 aliphatic heterocycles. The lowest BCUT2D eigenvalue weighted by molar-refractivity contribution is -0.139. The Labute approximate surface area is 258 Å². The molecule has 1 fully saturated rings. The second-order valence-corrected chi connectivity index (χ2v) is 13.4. The molecule has 0 radical (unpaired) electrons. The van der Waals surface area contributed by atoms with Crippen molar-refractivity contribution in [1.29, 1.82) is 0 Å².